The first-order chi connectivity index (χ1) is 11.3. The molecule has 2 heterocycles. The van der Waals surface area contributed by atoms with Crippen LogP contribution in [0.1, 0.15) is 56.6 Å². The molecule has 24 heavy (non-hydrogen) atoms. The summed E-state index contributed by atoms with van der Waals surface area (Å²) in [6.07, 6.45) is 0.399. The quantitative estimate of drug-likeness (QED) is 0.526. The van der Waals surface area contributed by atoms with E-state index in [-0.39, 0.29) is 5.41 Å². The lowest BCUT2D eigenvalue weighted by Crippen LogP contribution is -2.15. The Morgan fingerprint density at radius 3 is 2.88 bits per heavy atom. The van der Waals surface area contributed by atoms with Gasteiger partial charge in [-0.25, -0.2) is 0 Å². The third-order valence-corrected chi connectivity index (χ3v) is 3.75. The van der Waals surface area contributed by atoms with E-state index in [9.17, 15) is 0 Å². The van der Waals surface area contributed by atoms with Crippen LogP contribution in [0.5, 0.6) is 5.75 Å². The summed E-state index contributed by atoms with van der Waals surface area (Å²) in [7, 11) is 0. The normalized spacial score (nSPS) is 15.8. The van der Waals surface area contributed by atoms with E-state index in [1.54, 1.807) is 6.92 Å². The monoisotopic (exact) mass is 330 g/mol. The lowest BCUT2D eigenvalue weighted by Gasteiger charge is -2.11. The number of oxime groups is 1. The van der Waals surface area contributed by atoms with Gasteiger partial charge in [-0.15, -0.1) is 0 Å². The standard InChI is InChI=1S/C17H22N4O3/c1-10(15-19-16(21-24-15)17(2,3)4)23-20-14(18)12-5-6-13-11(9-12)7-8-22-13/h5-6,9-10H,7-8H2,1-4H3,(H2,18,20). The van der Waals surface area contributed by atoms with Crippen LogP contribution in [0, 0.1) is 0 Å². The average Bonchev–Trinajstić information content (AvgIpc) is 3.19. The maximum absolute atomic E-state index is 6.01. The van der Waals surface area contributed by atoms with Gasteiger partial charge in [-0.2, -0.15) is 4.98 Å². The van der Waals surface area contributed by atoms with Crippen LogP contribution in [0.2, 0.25) is 0 Å². The number of fused-ring (bicyclic) bond motifs is 1. The maximum Gasteiger partial charge on any atom is 0.270 e. The SMILES string of the molecule is CC(O/N=C(\N)c1ccc2c(c1)CCO2)c1nc(C(C)(C)C)no1. The highest BCUT2D eigenvalue weighted by molar-refractivity contribution is 5.97. The molecule has 2 N–H and O–H groups in total. The molecule has 128 valence electrons. The van der Waals surface area contributed by atoms with Crippen molar-refractivity contribution in [3.8, 4) is 5.75 Å². The predicted molar refractivity (Wildman–Crippen MR) is 88.9 cm³/mol. The molecule has 1 aromatic heterocycles. The lowest BCUT2D eigenvalue weighted by atomic mass is 9.96. The van der Waals surface area contributed by atoms with Crippen molar-refractivity contribution in [3.63, 3.8) is 0 Å². The molecule has 1 aliphatic rings. The largest absolute Gasteiger partial charge is 0.493 e. The minimum Gasteiger partial charge on any atom is -0.493 e. The zero-order valence-electron chi connectivity index (χ0n) is 14.4. The molecule has 0 bridgehead atoms. The number of aromatic nitrogens is 2. The number of amidine groups is 1. The van der Waals surface area contributed by atoms with Crippen molar-refractivity contribution in [2.75, 3.05) is 6.61 Å². The summed E-state index contributed by atoms with van der Waals surface area (Å²) >= 11 is 0. The molecule has 0 saturated heterocycles. The predicted octanol–water partition coefficient (Wildman–Crippen LogP) is 2.70. The summed E-state index contributed by atoms with van der Waals surface area (Å²) in [6.45, 7) is 8.53. The van der Waals surface area contributed by atoms with E-state index in [1.165, 1.54) is 0 Å². The molecule has 7 heteroatoms. The van der Waals surface area contributed by atoms with Gasteiger partial charge in [-0.05, 0) is 30.7 Å². The van der Waals surface area contributed by atoms with Crippen LogP contribution in [-0.4, -0.2) is 22.6 Å². The van der Waals surface area contributed by atoms with E-state index in [0.29, 0.717) is 24.2 Å². The third-order valence-electron chi connectivity index (χ3n) is 3.75. The van der Waals surface area contributed by atoms with Gasteiger partial charge < -0.3 is 19.8 Å². The van der Waals surface area contributed by atoms with Gasteiger partial charge in [0.05, 0.1) is 6.61 Å². The zero-order chi connectivity index (χ0) is 17.3. The molecule has 1 aliphatic heterocycles. The Kier molecular flexibility index (Phi) is 4.17. The van der Waals surface area contributed by atoms with Crippen LogP contribution in [0.3, 0.4) is 0 Å². The van der Waals surface area contributed by atoms with Crippen LogP contribution in [-0.2, 0) is 16.7 Å². The number of rotatable bonds is 4. The van der Waals surface area contributed by atoms with Crippen molar-refractivity contribution < 1.29 is 14.1 Å². The van der Waals surface area contributed by atoms with Crippen molar-refractivity contribution in [1.29, 1.82) is 0 Å². The summed E-state index contributed by atoms with van der Waals surface area (Å²) in [4.78, 5) is 9.78. The molecule has 0 amide bonds. The summed E-state index contributed by atoms with van der Waals surface area (Å²) in [5.41, 5.74) is 7.75. The van der Waals surface area contributed by atoms with Crippen LogP contribution < -0.4 is 10.5 Å². The van der Waals surface area contributed by atoms with Crippen molar-refractivity contribution in [3.05, 3.63) is 41.0 Å². The molecule has 0 saturated carbocycles. The Labute approximate surface area is 140 Å². The Hall–Kier alpha value is -2.57. The molecule has 2 aromatic rings. The summed E-state index contributed by atoms with van der Waals surface area (Å²) in [5, 5.41) is 7.97. The first-order valence-electron chi connectivity index (χ1n) is 7.94. The van der Waals surface area contributed by atoms with Gasteiger partial charge in [0.15, 0.2) is 11.7 Å². The first kappa shape index (κ1) is 16.3. The number of nitrogens with zero attached hydrogens (tertiary/aromatic N) is 3. The number of hydrogen-bond donors (Lipinski definition) is 1. The average molecular weight is 330 g/mol. The second-order valence-corrected chi connectivity index (χ2v) is 6.85. The summed E-state index contributed by atoms with van der Waals surface area (Å²) in [6, 6.07) is 5.73. The highest BCUT2D eigenvalue weighted by atomic mass is 16.6. The van der Waals surface area contributed by atoms with Crippen molar-refractivity contribution in [2.24, 2.45) is 10.9 Å². The number of nitrogens with two attached hydrogens (primary N) is 1. The number of benzene rings is 1. The van der Waals surface area contributed by atoms with Crippen LogP contribution >= 0.6 is 0 Å². The van der Waals surface area contributed by atoms with E-state index >= 15 is 0 Å². The fraction of sp³-hybridized carbons (Fsp3) is 0.471. The topological polar surface area (TPSA) is 95.8 Å². The van der Waals surface area contributed by atoms with Crippen LogP contribution in [0.15, 0.2) is 27.9 Å². The van der Waals surface area contributed by atoms with Gasteiger partial charge in [-0.3, -0.25) is 0 Å². The van der Waals surface area contributed by atoms with Crippen LogP contribution in [0.4, 0.5) is 0 Å². The molecule has 0 spiro atoms. The van der Waals surface area contributed by atoms with Crippen molar-refractivity contribution in [1.82, 2.24) is 10.1 Å². The molecular formula is C17H22N4O3. The summed E-state index contributed by atoms with van der Waals surface area (Å²) in [5.74, 6) is 2.20. The molecule has 0 aliphatic carbocycles. The van der Waals surface area contributed by atoms with Gasteiger partial charge in [-0.1, -0.05) is 31.1 Å². The molecule has 7 nitrogen and oxygen atoms in total. The van der Waals surface area contributed by atoms with E-state index in [4.69, 9.17) is 19.8 Å². The molecular weight excluding hydrogens is 308 g/mol. The van der Waals surface area contributed by atoms with Gasteiger partial charge >= 0.3 is 0 Å². The minimum atomic E-state index is -0.482. The smallest absolute Gasteiger partial charge is 0.270 e. The molecule has 1 atom stereocenters. The molecule has 1 unspecified atom stereocenters. The van der Waals surface area contributed by atoms with Gasteiger partial charge in [0, 0.05) is 17.4 Å². The van der Waals surface area contributed by atoms with E-state index in [1.807, 2.05) is 39.0 Å². The Morgan fingerprint density at radius 2 is 2.17 bits per heavy atom. The maximum atomic E-state index is 6.01. The van der Waals surface area contributed by atoms with Gasteiger partial charge in [0.25, 0.3) is 5.89 Å². The number of ether oxygens (including phenoxy) is 1. The fourth-order valence-electron chi connectivity index (χ4n) is 2.28. The third kappa shape index (κ3) is 3.34. The highest BCUT2D eigenvalue weighted by Gasteiger charge is 2.24. The second-order valence-electron chi connectivity index (χ2n) is 6.85. The Bertz CT molecular complexity index is 761. The van der Waals surface area contributed by atoms with Crippen molar-refractivity contribution >= 4 is 5.84 Å². The van der Waals surface area contributed by atoms with E-state index in [0.717, 1.165) is 23.3 Å². The van der Waals surface area contributed by atoms with Crippen molar-refractivity contribution in [2.45, 2.75) is 45.6 Å². The Balaban J connectivity index is 1.69. The highest BCUT2D eigenvalue weighted by Crippen LogP contribution is 2.26. The molecule has 1 aromatic carbocycles. The lowest BCUT2D eigenvalue weighted by molar-refractivity contribution is 0.0479. The summed E-state index contributed by atoms with van der Waals surface area (Å²) < 4.78 is 10.7. The van der Waals surface area contributed by atoms with E-state index in [2.05, 4.69) is 15.3 Å². The first-order valence-corrected chi connectivity index (χ1v) is 7.94. The second kappa shape index (κ2) is 6.14. The van der Waals surface area contributed by atoms with E-state index < -0.39 is 6.10 Å². The fourth-order valence-corrected chi connectivity index (χ4v) is 2.28. The van der Waals surface area contributed by atoms with Gasteiger partial charge in [0.1, 0.15) is 5.75 Å². The Morgan fingerprint density at radius 1 is 1.38 bits per heavy atom. The van der Waals surface area contributed by atoms with Gasteiger partial charge in [0.2, 0.25) is 6.10 Å². The molecule has 0 radical (unpaired) electrons. The van der Waals surface area contributed by atoms with Crippen LogP contribution in [0.25, 0.3) is 0 Å². The number of hydrogen-bond acceptors (Lipinski definition) is 6. The molecule has 3 rings (SSSR count). The molecule has 0 fully saturated rings. The zero-order valence-corrected chi connectivity index (χ0v) is 14.4. The minimum absolute atomic E-state index is 0.184.